The number of rotatable bonds is 8. The zero-order valence-corrected chi connectivity index (χ0v) is 18.4. The van der Waals surface area contributed by atoms with Crippen molar-refractivity contribution < 1.29 is 4.79 Å². The Kier molecular flexibility index (Phi) is 6.64. The predicted molar refractivity (Wildman–Crippen MR) is 126 cm³/mol. The zero-order chi connectivity index (χ0) is 21.6. The maximum atomic E-state index is 12.5. The third kappa shape index (κ3) is 5.51. The van der Waals surface area contributed by atoms with Crippen LogP contribution in [0.5, 0.6) is 0 Å². The van der Waals surface area contributed by atoms with Crippen molar-refractivity contribution in [2.45, 2.75) is 25.8 Å². The number of carbonyl (C=O) groups excluding carboxylic acids is 1. The standard InChI is InChI=1S/C23H22ClN5OS/c24-20-4-2-1-3-16(20)9-11-29-14-19(27-28-29)6-8-23(30)26-22-13-17(5-7-21(22)25)18-10-12-31-15-18/h1-5,7,10,12-15H,6,8-9,11,25H2,(H,26,30). The average Bonchev–Trinajstić information content (AvgIpc) is 3.46. The molecule has 0 bridgehead atoms. The van der Waals surface area contributed by atoms with Crippen LogP contribution in [0.15, 0.2) is 65.5 Å². The summed E-state index contributed by atoms with van der Waals surface area (Å²) in [4.78, 5) is 12.5. The third-order valence-electron chi connectivity index (χ3n) is 4.94. The Hall–Kier alpha value is -3.16. The highest BCUT2D eigenvalue weighted by atomic mass is 35.5. The summed E-state index contributed by atoms with van der Waals surface area (Å²) in [6.07, 6.45) is 3.44. The third-order valence-corrected chi connectivity index (χ3v) is 6.00. The van der Waals surface area contributed by atoms with Gasteiger partial charge in [0, 0.05) is 30.6 Å². The SMILES string of the molecule is Nc1ccc(-c2ccsc2)cc1NC(=O)CCc1cn(CCc2ccccc2Cl)nn1. The summed E-state index contributed by atoms with van der Waals surface area (Å²) in [7, 11) is 0. The first kappa shape index (κ1) is 21.1. The van der Waals surface area contributed by atoms with E-state index in [1.165, 1.54) is 0 Å². The summed E-state index contributed by atoms with van der Waals surface area (Å²) in [6, 6.07) is 15.5. The van der Waals surface area contributed by atoms with Crippen molar-refractivity contribution >= 4 is 40.2 Å². The van der Waals surface area contributed by atoms with Gasteiger partial charge in [0.2, 0.25) is 5.91 Å². The number of benzene rings is 2. The maximum Gasteiger partial charge on any atom is 0.224 e. The Bertz CT molecular complexity index is 1170. The molecule has 0 fully saturated rings. The molecular weight excluding hydrogens is 430 g/mol. The van der Waals surface area contributed by atoms with Crippen LogP contribution in [0.2, 0.25) is 5.02 Å². The molecular formula is C23H22ClN5OS. The molecule has 0 radical (unpaired) electrons. The molecule has 4 aromatic rings. The normalized spacial score (nSPS) is 10.9. The molecule has 8 heteroatoms. The molecule has 0 atom stereocenters. The molecule has 0 aliphatic heterocycles. The lowest BCUT2D eigenvalue weighted by atomic mass is 10.1. The fourth-order valence-electron chi connectivity index (χ4n) is 3.23. The molecule has 31 heavy (non-hydrogen) atoms. The van der Waals surface area contributed by atoms with E-state index in [0.717, 1.165) is 33.8 Å². The maximum absolute atomic E-state index is 12.5. The van der Waals surface area contributed by atoms with Gasteiger partial charge in [0.1, 0.15) is 0 Å². The smallest absolute Gasteiger partial charge is 0.224 e. The monoisotopic (exact) mass is 451 g/mol. The fraction of sp³-hybridized carbons (Fsp3) is 0.174. The summed E-state index contributed by atoms with van der Waals surface area (Å²) in [5, 5.41) is 16.1. The van der Waals surface area contributed by atoms with Crippen LogP contribution in [-0.4, -0.2) is 20.9 Å². The average molecular weight is 452 g/mol. The van der Waals surface area contributed by atoms with Crippen molar-refractivity contribution in [2.75, 3.05) is 11.1 Å². The Balaban J connectivity index is 1.30. The summed E-state index contributed by atoms with van der Waals surface area (Å²) in [6.45, 7) is 0.675. The minimum absolute atomic E-state index is 0.111. The van der Waals surface area contributed by atoms with Gasteiger partial charge in [-0.2, -0.15) is 11.3 Å². The zero-order valence-electron chi connectivity index (χ0n) is 16.8. The molecule has 158 valence electrons. The van der Waals surface area contributed by atoms with Gasteiger partial charge >= 0.3 is 0 Å². The van der Waals surface area contributed by atoms with Crippen LogP contribution in [0.25, 0.3) is 11.1 Å². The van der Waals surface area contributed by atoms with Crippen LogP contribution in [0, 0.1) is 0 Å². The summed E-state index contributed by atoms with van der Waals surface area (Å²) < 4.78 is 1.78. The molecule has 0 saturated heterocycles. The van der Waals surface area contributed by atoms with E-state index in [4.69, 9.17) is 17.3 Å². The van der Waals surface area contributed by atoms with E-state index >= 15 is 0 Å². The summed E-state index contributed by atoms with van der Waals surface area (Å²) >= 11 is 7.83. The number of halogens is 1. The van der Waals surface area contributed by atoms with Crippen molar-refractivity contribution in [2.24, 2.45) is 0 Å². The molecule has 0 saturated carbocycles. The number of nitrogen functional groups attached to an aromatic ring is 1. The van der Waals surface area contributed by atoms with Crippen LogP contribution in [-0.2, 0) is 24.2 Å². The predicted octanol–water partition coefficient (Wildman–Crippen LogP) is 5.06. The van der Waals surface area contributed by atoms with Gasteiger partial charge in [-0.15, -0.1) is 5.10 Å². The van der Waals surface area contributed by atoms with Crippen LogP contribution >= 0.6 is 22.9 Å². The lowest BCUT2D eigenvalue weighted by molar-refractivity contribution is -0.116. The molecule has 4 rings (SSSR count). The van der Waals surface area contributed by atoms with E-state index in [0.29, 0.717) is 30.8 Å². The van der Waals surface area contributed by atoms with Crippen molar-refractivity contribution in [3.05, 3.63) is 81.8 Å². The van der Waals surface area contributed by atoms with E-state index < -0.39 is 0 Å². The quantitative estimate of drug-likeness (QED) is 0.367. The summed E-state index contributed by atoms with van der Waals surface area (Å²) in [5.74, 6) is -0.111. The molecule has 2 heterocycles. The number of nitrogens with zero attached hydrogens (tertiary/aromatic N) is 3. The van der Waals surface area contributed by atoms with Crippen LogP contribution < -0.4 is 11.1 Å². The molecule has 3 N–H and O–H groups in total. The largest absolute Gasteiger partial charge is 0.397 e. The van der Waals surface area contributed by atoms with Gasteiger partial charge in [-0.3, -0.25) is 9.48 Å². The highest BCUT2D eigenvalue weighted by molar-refractivity contribution is 7.08. The van der Waals surface area contributed by atoms with E-state index in [1.54, 1.807) is 16.0 Å². The second-order valence-corrected chi connectivity index (χ2v) is 8.36. The molecule has 0 spiro atoms. The lowest BCUT2D eigenvalue weighted by Gasteiger charge is -2.10. The Morgan fingerprint density at radius 3 is 2.81 bits per heavy atom. The first-order chi connectivity index (χ1) is 15.1. The van der Waals surface area contributed by atoms with E-state index in [9.17, 15) is 4.79 Å². The minimum Gasteiger partial charge on any atom is -0.397 e. The van der Waals surface area contributed by atoms with Gasteiger partial charge in [-0.1, -0.05) is 41.1 Å². The first-order valence-electron chi connectivity index (χ1n) is 9.93. The second kappa shape index (κ2) is 9.76. The minimum atomic E-state index is -0.111. The number of aromatic nitrogens is 3. The second-order valence-electron chi connectivity index (χ2n) is 7.18. The number of anilines is 2. The molecule has 6 nitrogen and oxygen atoms in total. The number of thiophene rings is 1. The number of nitrogens with one attached hydrogen (secondary N) is 1. The fourth-order valence-corrected chi connectivity index (χ4v) is 4.12. The topological polar surface area (TPSA) is 85.8 Å². The number of aryl methyl sites for hydroxylation is 3. The summed E-state index contributed by atoms with van der Waals surface area (Å²) in [5.41, 5.74) is 11.2. The van der Waals surface area contributed by atoms with Crippen molar-refractivity contribution in [1.29, 1.82) is 0 Å². The molecule has 2 aromatic carbocycles. The van der Waals surface area contributed by atoms with E-state index in [1.807, 2.05) is 60.1 Å². The van der Waals surface area contributed by atoms with Gasteiger partial charge in [-0.05, 0) is 58.1 Å². The van der Waals surface area contributed by atoms with Crippen LogP contribution in [0.1, 0.15) is 17.7 Å². The highest BCUT2D eigenvalue weighted by Crippen LogP contribution is 2.28. The van der Waals surface area contributed by atoms with E-state index in [-0.39, 0.29) is 5.91 Å². The van der Waals surface area contributed by atoms with Crippen molar-refractivity contribution in [3.8, 4) is 11.1 Å². The molecule has 1 amide bonds. The van der Waals surface area contributed by atoms with Crippen LogP contribution in [0.3, 0.4) is 0 Å². The first-order valence-corrected chi connectivity index (χ1v) is 11.2. The highest BCUT2D eigenvalue weighted by Gasteiger charge is 2.10. The number of carbonyl (C=O) groups is 1. The number of hydrogen-bond acceptors (Lipinski definition) is 5. The number of amides is 1. The van der Waals surface area contributed by atoms with E-state index in [2.05, 4.69) is 21.0 Å². The Morgan fingerprint density at radius 2 is 2.00 bits per heavy atom. The van der Waals surface area contributed by atoms with Crippen LogP contribution in [0.4, 0.5) is 11.4 Å². The lowest BCUT2D eigenvalue weighted by Crippen LogP contribution is -2.13. The van der Waals surface area contributed by atoms with Crippen molar-refractivity contribution in [3.63, 3.8) is 0 Å². The van der Waals surface area contributed by atoms with Gasteiger partial charge in [0.25, 0.3) is 0 Å². The van der Waals surface area contributed by atoms with Gasteiger partial charge < -0.3 is 11.1 Å². The molecule has 2 aromatic heterocycles. The molecule has 0 aliphatic carbocycles. The molecule has 0 aliphatic rings. The number of nitrogens with two attached hydrogens (primary N) is 1. The Labute approximate surface area is 189 Å². The Morgan fingerprint density at radius 1 is 1.13 bits per heavy atom. The van der Waals surface area contributed by atoms with Gasteiger partial charge in [-0.25, -0.2) is 0 Å². The van der Waals surface area contributed by atoms with Gasteiger partial charge in [0.15, 0.2) is 0 Å². The number of hydrogen-bond donors (Lipinski definition) is 2. The van der Waals surface area contributed by atoms with Gasteiger partial charge in [0.05, 0.1) is 17.1 Å². The molecule has 0 unspecified atom stereocenters. The van der Waals surface area contributed by atoms with Crippen molar-refractivity contribution in [1.82, 2.24) is 15.0 Å².